The highest BCUT2D eigenvalue weighted by molar-refractivity contribution is 6.21. The molecular formula is C57H36N2O. The van der Waals surface area contributed by atoms with Crippen LogP contribution in [0.3, 0.4) is 0 Å². The third-order valence-corrected chi connectivity index (χ3v) is 12.4. The molecule has 12 rings (SSSR count). The van der Waals surface area contributed by atoms with E-state index in [4.69, 9.17) is 14.4 Å². The second-order valence-corrected chi connectivity index (χ2v) is 15.6. The Kier molecular flexibility index (Phi) is 7.76. The summed E-state index contributed by atoms with van der Waals surface area (Å²) >= 11 is 0. The fourth-order valence-electron chi connectivity index (χ4n) is 9.70. The zero-order valence-corrected chi connectivity index (χ0v) is 32.6. The van der Waals surface area contributed by atoms with Gasteiger partial charge in [0.25, 0.3) is 0 Å². The number of aromatic nitrogens is 2. The summed E-state index contributed by atoms with van der Waals surface area (Å²) in [6.45, 7) is 0. The van der Waals surface area contributed by atoms with E-state index in [0.29, 0.717) is 5.82 Å². The summed E-state index contributed by atoms with van der Waals surface area (Å²) in [6.07, 6.45) is 0. The number of benzene rings is 9. The number of nitrogens with zero attached hydrogens (tertiary/aromatic N) is 2. The summed E-state index contributed by atoms with van der Waals surface area (Å²) in [6, 6.07) is 78.0. The van der Waals surface area contributed by atoms with Gasteiger partial charge in [-0.05, 0) is 80.2 Å². The molecule has 2 heterocycles. The quantitative estimate of drug-likeness (QED) is 0.169. The van der Waals surface area contributed by atoms with Crippen LogP contribution in [-0.2, 0) is 5.41 Å². The topological polar surface area (TPSA) is 38.9 Å². The van der Waals surface area contributed by atoms with Crippen LogP contribution in [0.15, 0.2) is 223 Å². The Morgan fingerprint density at radius 1 is 0.367 bits per heavy atom. The van der Waals surface area contributed by atoms with Crippen LogP contribution in [0, 0.1) is 0 Å². The molecule has 60 heavy (non-hydrogen) atoms. The van der Waals surface area contributed by atoms with Gasteiger partial charge in [0.05, 0.1) is 16.8 Å². The smallest absolute Gasteiger partial charge is 0.160 e. The predicted octanol–water partition coefficient (Wildman–Crippen LogP) is 14.6. The molecule has 3 nitrogen and oxygen atoms in total. The van der Waals surface area contributed by atoms with Crippen molar-refractivity contribution in [2.45, 2.75) is 5.41 Å². The van der Waals surface area contributed by atoms with Crippen molar-refractivity contribution < 1.29 is 4.42 Å². The molecule has 280 valence electrons. The molecule has 0 aliphatic heterocycles. The van der Waals surface area contributed by atoms with E-state index >= 15 is 0 Å². The summed E-state index contributed by atoms with van der Waals surface area (Å²) in [4.78, 5) is 10.6. The molecule has 0 atom stereocenters. The van der Waals surface area contributed by atoms with Crippen LogP contribution in [-0.4, -0.2) is 9.97 Å². The molecule has 1 aliphatic rings. The third kappa shape index (κ3) is 5.23. The lowest BCUT2D eigenvalue weighted by atomic mass is 9.67. The number of fused-ring (bicyclic) bond motifs is 8. The second-order valence-electron chi connectivity index (χ2n) is 15.6. The summed E-state index contributed by atoms with van der Waals surface area (Å²) in [5.41, 5.74) is 15.7. The Hall–Kier alpha value is -7.88. The van der Waals surface area contributed by atoms with E-state index in [9.17, 15) is 0 Å². The van der Waals surface area contributed by atoms with Crippen molar-refractivity contribution in [3.63, 3.8) is 0 Å². The Labute approximate surface area is 347 Å². The van der Waals surface area contributed by atoms with E-state index in [0.717, 1.165) is 71.9 Å². The normalized spacial score (nSPS) is 12.8. The average Bonchev–Trinajstić information content (AvgIpc) is 3.87. The second kappa shape index (κ2) is 13.6. The molecule has 0 bridgehead atoms. The largest absolute Gasteiger partial charge is 0.455 e. The van der Waals surface area contributed by atoms with Crippen molar-refractivity contribution in [2.24, 2.45) is 0 Å². The van der Waals surface area contributed by atoms with E-state index in [1.807, 2.05) is 24.3 Å². The zero-order valence-electron chi connectivity index (χ0n) is 32.6. The zero-order chi connectivity index (χ0) is 39.6. The van der Waals surface area contributed by atoms with E-state index in [1.165, 1.54) is 33.4 Å². The summed E-state index contributed by atoms with van der Waals surface area (Å²) in [7, 11) is 0. The number of para-hydroxylation sites is 1. The fraction of sp³-hybridized carbons (Fsp3) is 0.0175. The standard InChI is InChI=1S/C57H36N2O/c1-4-17-37(18-5-1)56-58-51(40-21-16-20-38(33-40)48-34-39-19-10-11-26-44(39)55-54(48)47-28-13-15-30-53(47)60-55)36-52(59-56)41-31-32-46-45-27-12-14-29-49(45)57(50(46)35-41,42-22-6-2-7-23-42)43-24-8-3-9-25-43/h1-36H. The Morgan fingerprint density at radius 2 is 0.950 bits per heavy atom. The lowest BCUT2D eigenvalue weighted by molar-refractivity contribution is 0.673. The van der Waals surface area contributed by atoms with Gasteiger partial charge >= 0.3 is 0 Å². The van der Waals surface area contributed by atoms with Crippen LogP contribution < -0.4 is 0 Å². The van der Waals surface area contributed by atoms with Crippen molar-refractivity contribution >= 4 is 32.7 Å². The number of hydrogen-bond donors (Lipinski definition) is 0. The SMILES string of the molecule is c1ccc(-c2nc(-c3cccc(-c4cc5ccccc5c5oc6ccccc6c45)c3)cc(-c3ccc4c(c3)C(c3ccccc3)(c3ccccc3)c3ccccc3-4)n2)cc1. The maximum atomic E-state index is 6.57. The molecule has 0 spiro atoms. The van der Waals surface area contributed by atoms with E-state index < -0.39 is 5.41 Å². The first-order valence-corrected chi connectivity index (χ1v) is 20.5. The van der Waals surface area contributed by atoms with E-state index in [1.54, 1.807) is 0 Å². The molecule has 0 saturated carbocycles. The summed E-state index contributed by atoms with van der Waals surface area (Å²) in [5, 5.41) is 4.47. The molecule has 11 aromatic rings. The van der Waals surface area contributed by atoms with Crippen LogP contribution in [0.5, 0.6) is 0 Å². The first kappa shape index (κ1) is 34.2. The first-order chi connectivity index (χ1) is 29.7. The maximum absolute atomic E-state index is 6.57. The van der Waals surface area contributed by atoms with Crippen molar-refractivity contribution in [1.82, 2.24) is 9.97 Å². The number of hydrogen-bond acceptors (Lipinski definition) is 3. The summed E-state index contributed by atoms with van der Waals surface area (Å²) in [5.74, 6) is 0.684. The number of rotatable bonds is 6. The minimum Gasteiger partial charge on any atom is -0.455 e. The molecule has 0 unspecified atom stereocenters. The van der Waals surface area contributed by atoms with Crippen molar-refractivity contribution in [1.29, 1.82) is 0 Å². The minimum absolute atomic E-state index is 0.515. The van der Waals surface area contributed by atoms with Crippen LogP contribution in [0.25, 0.3) is 88.9 Å². The van der Waals surface area contributed by atoms with Gasteiger partial charge in [0.2, 0.25) is 0 Å². The lowest BCUT2D eigenvalue weighted by Crippen LogP contribution is -2.28. The molecule has 0 radical (unpaired) electrons. The van der Waals surface area contributed by atoms with E-state index in [2.05, 4.69) is 194 Å². The van der Waals surface area contributed by atoms with Gasteiger partial charge in [-0.3, -0.25) is 0 Å². The molecule has 0 fully saturated rings. The van der Waals surface area contributed by atoms with E-state index in [-0.39, 0.29) is 0 Å². The van der Waals surface area contributed by atoms with Gasteiger partial charge in [0, 0.05) is 32.8 Å². The highest BCUT2D eigenvalue weighted by Gasteiger charge is 2.46. The number of furan rings is 1. The predicted molar refractivity (Wildman–Crippen MR) is 246 cm³/mol. The minimum atomic E-state index is -0.515. The van der Waals surface area contributed by atoms with Crippen LogP contribution in [0.4, 0.5) is 0 Å². The molecular weight excluding hydrogens is 729 g/mol. The Balaban J connectivity index is 1.07. The van der Waals surface area contributed by atoms with Crippen molar-refractivity contribution in [3.05, 3.63) is 241 Å². The lowest BCUT2D eigenvalue weighted by Gasteiger charge is -2.34. The average molecular weight is 765 g/mol. The molecule has 0 N–H and O–H groups in total. The highest BCUT2D eigenvalue weighted by atomic mass is 16.3. The van der Waals surface area contributed by atoms with Gasteiger partial charge in [0.15, 0.2) is 5.82 Å². The third-order valence-electron chi connectivity index (χ3n) is 12.4. The van der Waals surface area contributed by atoms with Crippen LogP contribution in [0.1, 0.15) is 22.3 Å². The van der Waals surface area contributed by atoms with Crippen LogP contribution >= 0.6 is 0 Å². The first-order valence-electron chi connectivity index (χ1n) is 20.5. The molecule has 2 aromatic heterocycles. The maximum Gasteiger partial charge on any atom is 0.160 e. The monoisotopic (exact) mass is 764 g/mol. The highest BCUT2D eigenvalue weighted by Crippen LogP contribution is 2.56. The summed E-state index contributed by atoms with van der Waals surface area (Å²) < 4.78 is 6.57. The molecule has 0 saturated heterocycles. The Morgan fingerprint density at radius 3 is 1.72 bits per heavy atom. The van der Waals surface area contributed by atoms with Gasteiger partial charge in [-0.1, -0.05) is 188 Å². The van der Waals surface area contributed by atoms with Crippen molar-refractivity contribution in [2.75, 3.05) is 0 Å². The molecule has 1 aliphatic carbocycles. The fourth-order valence-corrected chi connectivity index (χ4v) is 9.70. The van der Waals surface area contributed by atoms with Gasteiger partial charge in [0.1, 0.15) is 11.2 Å². The van der Waals surface area contributed by atoms with Gasteiger partial charge < -0.3 is 4.42 Å². The van der Waals surface area contributed by atoms with Gasteiger partial charge in [-0.15, -0.1) is 0 Å². The van der Waals surface area contributed by atoms with Gasteiger partial charge in [-0.2, -0.15) is 0 Å². The Bertz CT molecular complexity index is 3380. The van der Waals surface area contributed by atoms with Crippen LogP contribution in [0.2, 0.25) is 0 Å². The van der Waals surface area contributed by atoms with Crippen molar-refractivity contribution in [3.8, 4) is 56.2 Å². The van der Waals surface area contributed by atoms with Gasteiger partial charge in [-0.25, -0.2) is 9.97 Å². The molecule has 0 amide bonds. The molecule has 3 heteroatoms. The molecule has 9 aromatic carbocycles.